The number of unbranched alkanes of at least 4 members (excludes halogenated alkanes) is 1. The third kappa shape index (κ3) is 3.79. The second-order valence-corrected chi connectivity index (χ2v) is 5.63. The molecule has 23 heavy (non-hydrogen) atoms. The van der Waals surface area contributed by atoms with Gasteiger partial charge in [-0.3, -0.25) is 0 Å². The van der Waals surface area contributed by atoms with Crippen LogP contribution in [0.4, 0.5) is 11.8 Å². The minimum absolute atomic E-state index is 0.128. The number of hydrogen-bond acceptors (Lipinski definition) is 7. The van der Waals surface area contributed by atoms with Crippen LogP contribution < -0.4 is 10.2 Å². The number of halogens is 1. The number of rotatable bonds is 6. The van der Waals surface area contributed by atoms with E-state index in [9.17, 15) is 4.79 Å². The number of pyridine rings is 1. The molecule has 2 rings (SSSR count). The van der Waals surface area contributed by atoms with E-state index in [2.05, 4.69) is 27.2 Å². The van der Waals surface area contributed by atoms with Gasteiger partial charge in [-0.05, 0) is 12.5 Å². The smallest absolute Gasteiger partial charge is 0.356 e. The maximum Gasteiger partial charge on any atom is 0.356 e. The van der Waals surface area contributed by atoms with Gasteiger partial charge in [-0.2, -0.15) is 4.98 Å². The summed E-state index contributed by atoms with van der Waals surface area (Å²) >= 11 is 6.29. The number of nitrogens with one attached hydrogen (secondary N) is 1. The second kappa shape index (κ2) is 7.41. The Balaban J connectivity index is 2.57. The first kappa shape index (κ1) is 17.2. The third-order valence-corrected chi connectivity index (χ3v) is 3.51. The molecule has 2 aromatic heterocycles. The van der Waals surface area contributed by atoms with E-state index in [-0.39, 0.29) is 5.69 Å². The molecular weight excluding hydrogens is 318 g/mol. The number of carbonyl (C=O) groups excluding carboxylic acids is 1. The second-order valence-electron chi connectivity index (χ2n) is 5.22. The first-order valence-corrected chi connectivity index (χ1v) is 7.73. The van der Waals surface area contributed by atoms with E-state index in [0.717, 1.165) is 19.4 Å². The number of hydrogen-bond donors (Lipinski definition) is 1. The van der Waals surface area contributed by atoms with Gasteiger partial charge < -0.3 is 15.0 Å². The zero-order chi connectivity index (χ0) is 17.0. The topological polar surface area (TPSA) is 80.2 Å². The predicted molar refractivity (Wildman–Crippen MR) is 91.4 cm³/mol. The van der Waals surface area contributed by atoms with Crippen molar-refractivity contribution >= 4 is 40.4 Å². The van der Waals surface area contributed by atoms with Crippen LogP contribution in [0, 0.1) is 0 Å². The lowest BCUT2D eigenvalue weighted by Crippen LogP contribution is -2.16. The van der Waals surface area contributed by atoms with Gasteiger partial charge in [0, 0.05) is 20.6 Å². The zero-order valence-corrected chi connectivity index (χ0v) is 14.4. The average molecular weight is 338 g/mol. The Hall–Kier alpha value is -2.15. The number of ether oxygens (including phenoxy) is 1. The molecule has 124 valence electrons. The Morgan fingerprint density at radius 1 is 1.30 bits per heavy atom. The summed E-state index contributed by atoms with van der Waals surface area (Å²) in [7, 11) is 4.99. The molecule has 0 fully saturated rings. The maximum absolute atomic E-state index is 11.7. The van der Waals surface area contributed by atoms with Crippen LogP contribution in [0.5, 0.6) is 0 Å². The molecule has 0 amide bonds. The van der Waals surface area contributed by atoms with E-state index >= 15 is 0 Å². The van der Waals surface area contributed by atoms with Gasteiger partial charge in [0.25, 0.3) is 0 Å². The number of nitrogens with zero attached hydrogens (tertiary/aromatic N) is 4. The highest BCUT2D eigenvalue weighted by atomic mass is 35.5. The molecule has 0 spiro atoms. The van der Waals surface area contributed by atoms with Gasteiger partial charge in [0.15, 0.2) is 11.5 Å². The summed E-state index contributed by atoms with van der Waals surface area (Å²) in [6.07, 6.45) is 2.10. The van der Waals surface area contributed by atoms with E-state index in [4.69, 9.17) is 16.3 Å². The molecule has 0 aromatic carbocycles. The molecule has 0 aliphatic heterocycles. The van der Waals surface area contributed by atoms with Crippen molar-refractivity contribution in [2.45, 2.75) is 19.8 Å². The molecule has 8 heteroatoms. The largest absolute Gasteiger partial charge is 0.464 e. The summed E-state index contributed by atoms with van der Waals surface area (Å²) in [5, 5.41) is 3.51. The molecule has 0 saturated heterocycles. The van der Waals surface area contributed by atoms with Gasteiger partial charge in [0.05, 0.1) is 12.1 Å². The van der Waals surface area contributed by atoms with Crippen molar-refractivity contribution < 1.29 is 9.53 Å². The van der Waals surface area contributed by atoms with Crippen molar-refractivity contribution in [3.8, 4) is 0 Å². The van der Waals surface area contributed by atoms with Crippen LogP contribution in [0.3, 0.4) is 0 Å². The van der Waals surface area contributed by atoms with Gasteiger partial charge in [-0.1, -0.05) is 24.9 Å². The van der Waals surface area contributed by atoms with Gasteiger partial charge in [0.1, 0.15) is 11.0 Å². The fourth-order valence-electron chi connectivity index (χ4n) is 2.03. The normalized spacial score (nSPS) is 10.7. The van der Waals surface area contributed by atoms with Crippen molar-refractivity contribution in [1.82, 2.24) is 15.0 Å². The Morgan fingerprint density at radius 3 is 2.65 bits per heavy atom. The van der Waals surface area contributed by atoms with E-state index in [1.165, 1.54) is 13.2 Å². The first-order chi connectivity index (χ1) is 11.0. The van der Waals surface area contributed by atoms with E-state index in [1.54, 1.807) is 4.90 Å². The average Bonchev–Trinajstić information content (AvgIpc) is 2.53. The van der Waals surface area contributed by atoms with Crippen molar-refractivity contribution in [3.05, 3.63) is 16.8 Å². The van der Waals surface area contributed by atoms with Crippen molar-refractivity contribution in [2.24, 2.45) is 0 Å². The molecular formula is C15H20ClN5O2. The molecule has 7 nitrogen and oxygen atoms in total. The molecule has 0 unspecified atom stereocenters. The van der Waals surface area contributed by atoms with Crippen molar-refractivity contribution in [3.63, 3.8) is 0 Å². The summed E-state index contributed by atoms with van der Waals surface area (Å²) in [4.78, 5) is 26.7. The van der Waals surface area contributed by atoms with Gasteiger partial charge >= 0.3 is 5.97 Å². The zero-order valence-electron chi connectivity index (χ0n) is 13.7. The third-order valence-electron chi connectivity index (χ3n) is 3.22. The lowest BCUT2D eigenvalue weighted by atomic mass is 10.3. The van der Waals surface area contributed by atoms with E-state index < -0.39 is 5.97 Å². The Labute approximate surface area is 140 Å². The van der Waals surface area contributed by atoms with Crippen molar-refractivity contribution in [2.75, 3.05) is 38.0 Å². The van der Waals surface area contributed by atoms with Gasteiger partial charge in [0.2, 0.25) is 5.95 Å². The number of anilines is 2. The summed E-state index contributed by atoms with van der Waals surface area (Å²) in [6.45, 7) is 2.89. The van der Waals surface area contributed by atoms with Gasteiger partial charge in [-0.25, -0.2) is 14.8 Å². The number of methoxy groups -OCH3 is 1. The van der Waals surface area contributed by atoms with E-state index in [1.807, 2.05) is 14.1 Å². The van der Waals surface area contributed by atoms with Crippen LogP contribution in [0.2, 0.25) is 5.02 Å². The van der Waals surface area contributed by atoms with E-state index in [0.29, 0.717) is 27.8 Å². The number of aromatic nitrogens is 3. The fraction of sp³-hybridized carbons (Fsp3) is 0.467. The van der Waals surface area contributed by atoms with Crippen LogP contribution in [0.1, 0.15) is 30.3 Å². The SMILES string of the molecule is CCCCNc1nc(N(C)C)c2nc(C(=O)OC)cc(Cl)c2n1. The molecule has 0 saturated carbocycles. The Morgan fingerprint density at radius 2 is 2.04 bits per heavy atom. The quantitative estimate of drug-likeness (QED) is 0.641. The lowest BCUT2D eigenvalue weighted by molar-refractivity contribution is 0.0594. The summed E-state index contributed by atoms with van der Waals surface area (Å²) in [6, 6.07) is 1.46. The molecule has 0 atom stereocenters. The van der Waals surface area contributed by atoms with Crippen LogP contribution in [0.25, 0.3) is 11.0 Å². The Bertz CT molecular complexity index is 721. The minimum atomic E-state index is -0.552. The number of fused-ring (bicyclic) bond motifs is 1. The van der Waals surface area contributed by atoms with Crippen LogP contribution in [-0.2, 0) is 4.74 Å². The molecule has 0 aliphatic rings. The Kier molecular flexibility index (Phi) is 5.54. The number of carbonyl (C=O) groups is 1. The molecule has 2 heterocycles. The summed E-state index contributed by atoms with van der Waals surface area (Å²) in [5.41, 5.74) is 1.09. The fourth-order valence-corrected chi connectivity index (χ4v) is 2.27. The molecule has 2 aromatic rings. The highest BCUT2D eigenvalue weighted by molar-refractivity contribution is 6.35. The molecule has 0 radical (unpaired) electrons. The summed E-state index contributed by atoms with van der Waals surface area (Å²) in [5.74, 6) is 0.523. The standard InChI is InChI=1S/C15H20ClN5O2/c1-5-6-7-17-15-19-11-9(16)8-10(14(22)23-4)18-12(11)13(20-15)21(2)3/h8H,5-7H2,1-4H3,(H,17,19,20). The molecule has 1 N–H and O–H groups in total. The first-order valence-electron chi connectivity index (χ1n) is 7.35. The van der Waals surface area contributed by atoms with Gasteiger partial charge in [-0.15, -0.1) is 0 Å². The predicted octanol–water partition coefficient (Wildman–Crippen LogP) is 2.74. The number of esters is 1. The lowest BCUT2D eigenvalue weighted by Gasteiger charge is -2.16. The van der Waals surface area contributed by atoms with Crippen LogP contribution in [-0.4, -0.2) is 48.7 Å². The highest BCUT2D eigenvalue weighted by Crippen LogP contribution is 2.28. The van der Waals surface area contributed by atoms with Crippen LogP contribution in [0.15, 0.2) is 6.07 Å². The van der Waals surface area contributed by atoms with Crippen molar-refractivity contribution in [1.29, 1.82) is 0 Å². The highest BCUT2D eigenvalue weighted by Gasteiger charge is 2.18. The maximum atomic E-state index is 11.7. The summed E-state index contributed by atoms with van der Waals surface area (Å²) < 4.78 is 4.70. The van der Waals surface area contributed by atoms with Crippen LogP contribution >= 0.6 is 11.6 Å². The monoisotopic (exact) mass is 337 g/mol. The minimum Gasteiger partial charge on any atom is -0.464 e. The molecule has 0 aliphatic carbocycles. The molecule has 0 bridgehead atoms.